The third kappa shape index (κ3) is 4.70. The number of nitrogens with one attached hydrogen (secondary N) is 1. The van der Waals surface area contributed by atoms with E-state index in [9.17, 15) is 20.3 Å². The van der Waals surface area contributed by atoms with Crippen LogP contribution in [-0.2, 0) is 13.2 Å². The van der Waals surface area contributed by atoms with E-state index in [1.165, 1.54) is 6.07 Å². The predicted molar refractivity (Wildman–Crippen MR) is 114 cm³/mol. The summed E-state index contributed by atoms with van der Waals surface area (Å²) in [5.74, 6) is 0.409. The molecular weight excluding hydrogens is 406 g/mol. The molecular formula is C21H20N3O5S+. The zero-order valence-electron chi connectivity index (χ0n) is 16.1. The minimum Gasteiger partial charge on any atom is -0.502 e. The molecule has 1 aromatic carbocycles. The Kier molecular flexibility index (Phi) is 6.55. The molecule has 0 saturated heterocycles. The van der Waals surface area contributed by atoms with Crippen LogP contribution in [0.4, 0.5) is 5.69 Å². The van der Waals surface area contributed by atoms with E-state index in [2.05, 4.69) is 5.32 Å². The first-order chi connectivity index (χ1) is 14.4. The average Bonchev–Trinajstić information content (AvgIpc) is 3.26. The van der Waals surface area contributed by atoms with Crippen molar-refractivity contribution in [1.29, 1.82) is 0 Å². The quantitative estimate of drug-likeness (QED) is 0.133. The van der Waals surface area contributed by atoms with Crippen LogP contribution in [0.3, 0.4) is 0 Å². The second-order valence-electron chi connectivity index (χ2n) is 6.50. The van der Waals surface area contributed by atoms with Crippen LogP contribution in [0.5, 0.6) is 0 Å². The summed E-state index contributed by atoms with van der Waals surface area (Å²) in [6.45, 7) is 1.72. The highest BCUT2D eigenvalue weighted by atomic mass is 32.1. The number of nitro groups is 1. The van der Waals surface area contributed by atoms with Crippen LogP contribution in [0.15, 0.2) is 65.5 Å². The largest absolute Gasteiger partial charge is 0.502 e. The predicted octanol–water partition coefficient (Wildman–Crippen LogP) is 3.28. The number of nitro benzene ring substituents is 1. The molecule has 8 nitrogen and oxygen atoms in total. The molecule has 0 radical (unpaired) electrons. The number of nitrogens with zero attached hydrogens (tertiary/aromatic N) is 2. The summed E-state index contributed by atoms with van der Waals surface area (Å²) in [5.41, 5.74) is 1.43. The molecule has 0 aliphatic carbocycles. The summed E-state index contributed by atoms with van der Waals surface area (Å²) in [5, 5.41) is 34.8. The van der Waals surface area contributed by atoms with Crippen molar-refractivity contribution in [3.8, 4) is 0 Å². The van der Waals surface area contributed by atoms with E-state index in [4.69, 9.17) is 16.6 Å². The zero-order valence-corrected chi connectivity index (χ0v) is 16.9. The summed E-state index contributed by atoms with van der Waals surface area (Å²) >= 11 is 5.51. The number of benzene rings is 1. The van der Waals surface area contributed by atoms with Crippen LogP contribution in [0.2, 0.25) is 0 Å². The van der Waals surface area contributed by atoms with Gasteiger partial charge in [-0.05, 0) is 25.1 Å². The Bertz CT molecular complexity index is 1110. The number of aryl methyl sites for hydroxylation is 1. The lowest BCUT2D eigenvalue weighted by Crippen LogP contribution is -2.41. The molecule has 0 atom stereocenters. The SMILES string of the molecule is Cc1ccc(/C(O)=C(/C(=S)NCc2ccco2)[n+]2cccc(CO)c2)cc1[N+](=O)[O-]. The van der Waals surface area contributed by atoms with Crippen molar-refractivity contribution in [3.05, 3.63) is 93.7 Å². The van der Waals surface area contributed by atoms with E-state index < -0.39 is 4.92 Å². The summed E-state index contributed by atoms with van der Waals surface area (Å²) < 4.78 is 6.85. The second-order valence-corrected chi connectivity index (χ2v) is 6.90. The Hall–Kier alpha value is -3.56. The van der Waals surface area contributed by atoms with Crippen LogP contribution in [0.1, 0.15) is 22.5 Å². The molecule has 3 aromatic rings. The summed E-state index contributed by atoms with van der Waals surface area (Å²) in [6.07, 6.45) is 4.82. The monoisotopic (exact) mass is 426 g/mol. The molecule has 0 amide bonds. The molecule has 9 heteroatoms. The van der Waals surface area contributed by atoms with Crippen molar-refractivity contribution in [2.75, 3.05) is 0 Å². The molecule has 0 bridgehead atoms. The normalized spacial score (nSPS) is 11.7. The minimum atomic E-state index is -0.501. The van der Waals surface area contributed by atoms with Crippen molar-refractivity contribution in [1.82, 2.24) is 5.32 Å². The number of furan rings is 1. The molecule has 0 saturated carbocycles. The van der Waals surface area contributed by atoms with E-state index in [0.29, 0.717) is 16.9 Å². The topological polar surface area (TPSA) is 113 Å². The van der Waals surface area contributed by atoms with Crippen molar-refractivity contribution in [2.24, 2.45) is 0 Å². The van der Waals surface area contributed by atoms with Gasteiger partial charge in [0.25, 0.3) is 11.4 Å². The van der Waals surface area contributed by atoms with Crippen LogP contribution in [0.25, 0.3) is 11.5 Å². The Morgan fingerprint density at radius 3 is 2.77 bits per heavy atom. The van der Waals surface area contributed by atoms with E-state index in [0.717, 1.165) is 0 Å². The fraction of sp³-hybridized carbons (Fsp3) is 0.143. The van der Waals surface area contributed by atoms with Crippen molar-refractivity contribution >= 4 is 34.3 Å². The first-order valence-corrected chi connectivity index (χ1v) is 9.42. The van der Waals surface area contributed by atoms with Crippen LogP contribution in [-0.4, -0.2) is 20.1 Å². The van der Waals surface area contributed by atoms with Crippen LogP contribution >= 0.6 is 12.2 Å². The van der Waals surface area contributed by atoms with Gasteiger partial charge in [-0.3, -0.25) is 10.1 Å². The van der Waals surface area contributed by atoms with Gasteiger partial charge >= 0.3 is 0 Å². The maximum atomic E-state index is 11.3. The van der Waals surface area contributed by atoms with Crippen molar-refractivity contribution in [3.63, 3.8) is 0 Å². The van der Waals surface area contributed by atoms with Crippen LogP contribution in [0, 0.1) is 17.0 Å². The molecule has 2 aromatic heterocycles. The highest BCUT2D eigenvalue weighted by molar-refractivity contribution is 7.81. The molecule has 3 rings (SSSR count). The van der Waals surface area contributed by atoms with E-state index in [1.54, 1.807) is 66.5 Å². The van der Waals surface area contributed by atoms with E-state index >= 15 is 0 Å². The molecule has 2 heterocycles. The van der Waals surface area contributed by atoms with Gasteiger partial charge in [-0.15, -0.1) is 0 Å². The van der Waals surface area contributed by atoms with Gasteiger partial charge in [-0.2, -0.15) is 4.57 Å². The molecule has 0 unspecified atom stereocenters. The van der Waals surface area contributed by atoms with Crippen LogP contribution < -0.4 is 9.88 Å². The van der Waals surface area contributed by atoms with Gasteiger partial charge in [0.2, 0.25) is 0 Å². The second kappa shape index (κ2) is 9.29. The maximum Gasteiger partial charge on any atom is 0.288 e. The molecule has 30 heavy (non-hydrogen) atoms. The van der Waals surface area contributed by atoms with Gasteiger partial charge in [0.15, 0.2) is 23.1 Å². The smallest absolute Gasteiger partial charge is 0.288 e. The van der Waals surface area contributed by atoms with Gasteiger partial charge < -0.3 is 19.9 Å². The van der Waals surface area contributed by atoms with Gasteiger partial charge in [0.1, 0.15) is 5.76 Å². The van der Waals surface area contributed by atoms with Gasteiger partial charge in [0.05, 0.1) is 24.3 Å². The fourth-order valence-electron chi connectivity index (χ4n) is 2.86. The number of rotatable bonds is 7. The Morgan fingerprint density at radius 2 is 2.10 bits per heavy atom. The first kappa shape index (κ1) is 21.2. The molecule has 3 N–H and O–H groups in total. The zero-order chi connectivity index (χ0) is 21.7. The number of aliphatic hydroxyl groups excluding tert-OH is 2. The minimum absolute atomic E-state index is 0.109. The molecule has 154 valence electrons. The lowest BCUT2D eigenvalue weighted by molar-refractivity contribution is -0.576. The van der Waals surface area contributed by atoms with Gasteiger partial charge in [-0.1, -0.05) is 24.4 Å². The number of aromatic nitrogens is 1. The lowest BCUT2D eigenvalue weighted by atomic mass is 10.1. The number of aliphatic hydroxyl groups is 2. The Labute approximate surface area is 177 Å². The van der Waals surface area contributed by atoms with Gasteiger partial charge in [-0.25, -0.2) is 0 Å². The Balaban J connectivity index is 2.08. The fourth-order valence-corrected chi connectivity index (χ4v) is 3.13. The molecule has 0 aliphatic heterocycles. The molecule has 0 fully saturated rings. The Morgan fingerprint density at radius 1 is 1.30 bits per heavy atom. The van der Waals surface area contributed by atoms with E-state index in [1.807, 2.05) is 0 Å². The lowest BCUT2D eigenvalue weighted by Gasteiger charge is -2.10. The maximum absolute atomic E-state index is 11.3. The molecule has 0 aliphatic rings. The van der Waals surface area contributed by atoms with Crippen molar-refractivity contribution in [2.45, 2.75) is 20.1 Å². The number of pyridine rings is 1. The third-order valence-electron chi connectivity index (χ3n) is 4.42. The third-order valence-corrected chi connectivity index (χ3v) is 4.76. The highest BCUT2D eigenvalue weighted by Crippen LogP contribution is 2.25. The van der Waals surface area contributed by atoms with Gasteiger partial charge in [0, 0.05) is 28.8 Å². The summed E-state index contributed by atoms with van der Waals surface area (Å²) in [4.78, 5) is 11.0. The number of hydrogen-bond donors (Lipinski definition) is 3. The highest BCUT2D eigenvalue weighted by Gasteiger charge is 2.25. The number of hydrogen-bond acceptors (Lipinski definition) is 6. The average molecular weight is 426 g/mol. The molecule has 0 spiro atoms. The van der Waals surface area contributed by atoms with Crippen molar-refractivity contribution < 1.29 is 24.1 Å². The first-order valence-electron chi connectivity index (χ1n) is 9.01. The summed E-state index contributed by atoms with van der Waals surface area (Å²) in [7, 11) is 0. The summed E-state index contributed by atoms with van der Waals surface area (Å²) in [6, 6.07) is 11.4. The van der Waals surface area contributed by atoms with E-state index in [-0.39, 0.29) is 40.8 Å². The standard InChI is InChI=1S/C21H19N3O5S/c1-14-6-7-16(10-18(14)24(27)28)20(26)19(23-8-2-4-15(12-23)13-25)21(30)22-11-17-5-3-9-29-17/h2-10,12,25H,11,13H2,1H3,(H-,22,26,30)/p+1. The number of thiocarbonyl (C=S) groups is 1.